The van der Waals surface area contributed by atoms with Gasteiger partial charge in [-0.1, -0.05) is 35.5 Å². The number of anilines is 1. The van der Waals surface area contributed by atoms with Gasteiger partial charge in [-0.15, -0.1) is 10.2 Å². The van der Waals surface area contributed by atoms with E-state index in [0.29, 0.717) is 11.7 Å². The molecular formula is C19H18F2N4OS. The van der Waals surface area contributed by atoms with Crippen LogP contribution in [0.2, 0.25) is 0 Å². The summed E-state index contributed by atoms with van der Waals surface area (Å²) in [6.45, 7) is 4.61. The van der Waals surface area contributed by atoms with E-state index in [2.05, 4.69) is 15.5 Å². The quantitative estimate of drug-likeness (QED) is 0.640. The molecule has 3 rings (SSSR count). The van der Waals surface area contributed by atoms with Crippen molar-refractivity contribution in [3.05, 3.63) is 59.7 Å². The van der Waals surface area contributed by atoms with Crippen LogP contribution in [0.1, 0.15) is 12.5 Å². The van der Waals surface area contributed by atoms with Gasteiger partial charge in [0.2, 0.25) is 5.91 Å². The van der Waals surface area contributed by atoms with Crippen LogP contribution in [-0.4, -0.2) is 26.4 Å². The summed E-state index contributed by atoms with van der Waals surface area (Å²) >= 11 is 1.19. The van der Waals surface area contributed by atoms with Crippen LogP contribution in [0.4, 0.5) is 14.5 Å². The molecule has 0 bridgehead atoms. The number of thioether (sulfide) groups is 1. The van der Waals surface area contributed by atoms with E-state index < -0.39 is 17.5 Å². The third-order valence-electron chi connectivity index (χ3n) is 3.84. The molecule has 1 aromatic heterocycles. The summed E-state index contributed by atoms with van der Waals surface area (Å²) in [5.41, 5.74) is 1.88. The van der Waals surface area contributed by atoms with E-state index in [9.17, 15) is 13.6 Å². The third-order valence-corrected chi connectivity index (χ3v) is 4.81. The number of aryl methyl sites for hydroxylation is 1. The standard InChI is InChI=1S/C19H18F2N4OS/c1-3-25-18(13-6-4-5-12(2)9-13)23-24-19(25)27-11-17(26)22-16-10-14(20)7-8-15(16)21/h4-10H,3,11H2,1-2H3,(H,22,26). The van der Waals surface area contributed by atoms with Crippen molar-refractivity contribution >= 4 is 23.4 Å². The first-order chi connectivity index (χ1) is 13.0. The van der Waals surface area contributed by atoms with Crippen LogP contribution < -0.4 is 5.32 Å². The van der Waals surface area contributed by atoms with E-state index >= 15 is 0 Å². The van der Waals surface area contributed by atoms with Gasteiger partial charge in [0.15, 0.2) is 11.0 Å². The Kier molecular flexibility index (Phi) is 5.85. The largest absolute Gasteiger partial charge is 0.323 e. The zero-order chi connectivity index (χ0) is 19.4. The Hall–Kier alpha value is -2.74. The number of hydrogen-bond acceptors (Lipinski definition) is 4. The number of nitrogens with one attached hydrogen (secondary N) is 1. The highest BCUT2D eigenvalue weighted by Crippen LogP contribution is 2.25. The fraction of sp³-hybridized carbons (Fsp3) is 0.211. The molecule has 0 spiro atoms. The van der Waals surface area contributed by atoms with Gasteiger partial charge in [-0.05, 0) is 32.0 Å². The van der Waals surface area contributed by atoms with Gasteiger partial charge in [-0.3, -0.25) is 4.79 Å². The lowest BCUT2D eigenvalue weighted by Gasteiger charge is -2.09. The Labute approximate surface area is 159 Å². The second kappa shape index (κ2) is 8.30. The maximum absolute atomic E-state index is 13.6. The first-order valence-electron chi connectivity index (χ1n) is 8.36. The maximum atomic E-state index is 13.6. The highest BCUT2D eigenvalue weighted by molar-refractivity contribution is 7.99. The molecule has 5 nitrogen and oxygen atoms in total. The SMILES string of the molecule is CCn1c(SCC(=O)Nc2cc(F)ccc2F)nnc1-c1cccc(C)c1. The molecule has 0 radical (unpaired) electrons. The second-order valence-corrected chi connectivity index (χ2v) is 6.82. The van der Waals surface area contributed by atoms with E-state index in [4.69, 9.17) is 0 Å². The van der Waals surface area contributed by atoms with Crippen molar-refractivity contribution in [2.45, 2.75) is 25.5 Å². The monoisotopic (exact) mass is 388 g/mol. The smallest absolute Gasteiger partial charge is 0.234 e. The van der Waals surface area contributed by atoms with Gasteiger partial charge in [-0.25, -0.2) is 8.78 Å². The van der Waals surface area contributed by atoms with Gasteiger partial charge in [0.25, 0.3) is 0 Å². The van der Waals surface area contributed by atoms with Crippen molar-refractivity contribution in [2.75, 3.05) is 11.1 Å². The molecule has 0 fully saturated rings. The van der Waals surface area contributed by atoms with Crippen molar-refractivity contribution in [3.8, 4) is 11.4 Å². The lowest BCUT2D eigenvalue weighted by Crippen LogP contribution is -2.15. The minimum atomic E-state index is -0.687. The summed E-state index contributed by atoms with van der Waals surface area (Å²) in [6, 6.07) is 10.8. The Bertz CT molecular complexity index is 974. The molecule has 0 saturated heterocycles. The Morgan fingerprint density at radius 3 is 2.74 bits per heavy atom. The van der Waals surface area contributed by atoms with Gasteiger partial charge in [0.1, 0.15) is 11.6 Å². The van der Waals surface area contributed by atoms with Crippen molar-refractivity contribution in [3.63, 3.8) is 0 Å². The molecule has 8 heteroatoms. The number of aromatic nitrogens is 3. The van der Waals surface area contributed by atoms with Crippen molar-refractivity contribution < 1.29 is 13.6 Å². The Balaban J connectivity index is 1.71. The summed E-state index contributed by atoms with van der Waals surface area (Å²) < 4.78 is 28.7. The van der Waals surface area contributed by atoms with E-state index in [1.807, 2.05) is 42.7 Å². The minimum absolute atomic E-state index is 0.00189. The number of carbonyl (C=O) groups is 1. The summed E-state index contributed by atoms with van der Waals surface area (Å²) in [7, 11) is 0. The second-order valence-electron chi connectivity index (χ2n) is 5.88. The predicted octanol–water partition coefficient (Wildman–Crippen LogP) is 4.28. The topological polar surface area (TPSA) is 59.8 Å². The lowest BCUT2D eigenvalue weighted by atomic mass is 10.1. The van der Waals surface area contributed by atoms with Crippen molar-refractivity contribution in [2.24, 2.45) is 0 Å². The number of benzene rings is 2. The van der Waals surface area contributed by atoms with Gasteiger partial charge in [0.05, 0.1) is 11.4 Å². The molecule has 1 heterocycles. The van der Waals surface area contributed by atoms with Crippen LogP contribution in [0, 0.1) is 18.6 Å². The van der Waals surface area contributed by atoms with Crippen LogP contribution in [0.15, 0.2) is 47.6 Å². The minimum Gasteiger partial charge on any atom is -0.323 e. The first-order valence-corrected chi connectivity index (χ1v) is 9.34. The molecule has 27 heavy (non-hydrogen) atoms. The molecule has 3 aromatic rings. The molecule has 2 aromatic carbocycles. The van der Waals surface area contributed by atoms with Crippen LogP contribution >= 0.6 is 11.8 Å². The van der Waals surface area contributed by atoms with Gasteiger partial charge in [-0.2, -0.15) is 0 Å². The highest BCUT2D eigenvalue weighted by Gasteiger charge is 2.15. The molecule has 140 valence electrons. The van der Waals surface area contributed by atoms with Crippen LogP contribution in [0.5, 0.6) is 0 Å². The molecule has 0 aliphatic heterocycles. The maximum Gasteiger partial charge on any atom is 0.234 e. The molecule has 0 aliphatic rings. The fourth-order valence-electron chi connectivity index (χ4n) is 2.59. The Morgan fingerprint density at radius 2 is 2.00 bits per heavy atom. The average molecular weight is 388 g/mol. The number of carbonyl (C=O) groups excluding carboxylic acids is 1. The molecule has 1 amide bonds. The van der Waals surface area contributed by atoms with E-state index in [-0.39, 0.29) is 11.4 Å². The summed E-state index contributed by atoms with van der Waals surface area (Å²) in [5, 5.41) is 11.4. The van der Waals surface area contributed by atoms with Gasteiger partial charge < -0.3 is 9.88 Å². The average Bonchev–Trinajstić information content (AvgIpc) is 3.06. The van der Waals surface area contributed by atoms with E-state index in [1.54, 1.807) is 0 Å². The Morgan fingerprint density at radius 1 is 1.19 bits per heavy atom. The third kappa shape index (κ3) is 4.51. The summed E-state index contributed by atoms with van der Waals surface area (Å²) in [6.07, 6.45) is 0. The summed E-state index contributed by atoms with van der Waals surface area (Å²) in [4.78, 5) is 12.1. The van der Waals surface area contributed by atoms with E-state index in [0.717, 1.165) is 35.2 Å². The number of amides is 1. The fourth-order valence-corrected chi connectivity index (χ4v) is 3.39. The van der Waals surface area contributed by atoms with Crippen LogP contribution in [0.3, 0.4) is 0 Å². The van der Waals surface area contributed by atoms with Crippen molar-refractivity contribution in [1.29, 1.82) is 0 Å². The number of nitrogens with zero attached hydrogens (tertiary/aromatic N) is 3. The summed E-state index contributed by atoms with van der Waals surface area (Å²) in [5.74, 6) is -1.03. The highest BCUT2D eigenvalue weighted by atomic mass is 32.2. The van der Waals surface area contributed by atoms with Crippen LogP contribution in [-0.2, 0) is 11.3 Å². The lowest BCUT2D eigenvalue weighted by molar-refractivity contribution is -0.113. The van der Waals surface area contributed by atoms with Crippen LogP contribution in [0.25, 0.3) is 11.4 Å². The zero-order valence-electron chi connectivity index (χ0n) is 14.9. The number of rotatable bonds is 6. The molecule has 0 saturated carbocycles. The molecule has 1 N–H and O–H groups in total. The zero-order valence-corrected chi connectivity index (χ0v) is 15.7. The number of hydrogen-bond donors (Lipinski definition) is 1. The normalized spacial score (nSPS) is 10.8. The number of halogens is 2. The van der Waals surface area contributed by atoms with Crippen molar-refractivity contribution in [1.82, 2.24) is 14.8 Å². The predicted molar refractivity (Wildman–Crippen MR) is 102 cm³/mol. The van der Waals surface area contributed by atoms with Gasteiger partial charge in [0, 0.05) is 18.2 Å². The first kappa shape index (κ1) is 19.0. The van der Waals surface area contributed by atoms with E-state index in [1.165, 1.54) is 11.8 Å². The molecule has 0 aliphatic carbocycles. The molecule has 0 atom stereocenters. The molecule has 0 unspecified atom stereocenters. The van der Waals surface area contributed by atoms with Gasteiger partial charge >= 0.3 is 0 Å². The molecular weight excluding hydrogens is 370 g/mol.